The van der Waals surface area contributed by atoms with Crippen molar-refractivity contribution in [3.8, 4) is 5.75 Å². The number of benzene rings is 3. The van der Waals surface area contributed by atoms with Gasteiger partial charge in [-0.1, -0.05) is 61.5 Å². The Morgan fingerprint density at radius 2 is 1.78 bits per heavy atom. The van der Waals surface area contributed by atoms with Gasteiger partial charge in [0.1, 0.15) is 18.1 Å². The van der Waals surface area contributed by atoms with E-state index in [2.05, 4.69) is 0 Å². The summed E-state index contributed by atoms with van der Waals surface area (Å²) in [5.41, 5.74) is 1.24. The van der Waals surface area contributed by atoms with Crippen LogP contribution in [0.25, 0.3) is 16.5 Å². The molecule has 0 aromatic heterocycles. The molecule has 4 rings (SSSR count). The van der Waals surface area contributed by atoms with Crippen LogP contribution < -0.4 is 4.74 Å². The molecule has 1 fully saturated rings. The molecule has 3 aromatic carbocycles. The topological polar surface area (TPSA) is 87.1 Å². The van der Waals surface area contributed by atoms with Gasteiger partial charge in [0.15, 0.2) is 0 Å². The van der Waals surface area contributed by atoms with E-state index in [9.17, 15) is 14.7 Å². The lowest BCUT2D eigenvalue weighted by molar-refractivity contribution is -0.139. The number of hydrogen-bond acceptors (Lipinski definition) is 5. The fourth-order valence-electron chi connectivity index (χ4n) is 4.21. The van der Waals surface area contributed by atoms with Gasteiger partial charge >= 0.3 is 0 Å². The zero-order valence-electron chi connectivity index (χ0n) is 17.8. The van der Waals surface area contributed by atoms with E-state index in [4.69, 9.17) is 9.84 Å². The number of ketones is 1. The largest absolute Gasteiger partial charge is 0.507 e. The Morgan fingerprint density at radius 3 is 2.56 bits per heavy atom. The molecule has 1 atom stereocenters. The van der Waals surface area contributed by atoms with Crippen LogP contribution in [0.5, 0.6) is 5.75 Å². The molecule has 1 unspecified atom stereocenters. The summed E-state index contributed by atoms with van der Waals surface area (Å²) in [5.74, 6) is -0.995. The van der Waals surface area contributed by atoms with E-state index in [1.165, 1.54) is 4.90 Å². The third kappa shape index (κ3) is 3.85. The number of Topliss-reactive ketones (excluding diaryl/α,β-unsaturated/α-hetero) is 1. The zero-order chi connectivity index (χ0) is 22.7. The normalized spacial score (nSPS) is 17.8. The van der Waals surface area contributed by atoms with E-state index in [1.807, 2.05) is 43.3 Å². The van der Waals surface area contributed by atoms with Gasteiger partial charge in [0.2, 0.25) is 0 Å². The van der Waals surface area contributed by atoms with Gasteiger partial charge in [0.25, 0.3) is 11.7 Å². The predicted molar refractivity (Wildman–Crippen MR) is 122 cm³/mol. The van der Waals surface area contributed by atoms with Gasteiger partial charge in [-0.25, -0.2) is 0 Å². The van der Waals surface area contributed by atoms with Crippen molar-refractivity contribution in [2.45, 2.75) is 19.4 Å². The highest BCUT2D eigenvalue weighted by Crippen LogP contribution is 2.41. The van der Waals surface area contributed by atoms with Crippen LogP contribution in [0.15, 0.2) is 72.3 Å². The van der Waals surface area contributed by atoms with Gasteiger partial charge < -0.3 is 19.8 Å². The van der Waals surface area contributed by atoms with Crippen LogP contribution in [-0.2, 0) is 9.59 Å². The van der Waals surface area contributed by atoms with Crippen molar-refractivity contribution in [1.29, 1.82) is 0 Å². The molecule has 3 aromatic rings. The highest BCUT2D eigenvalue weighted by atomic mass is 16.5. The Morgan fingerprint density at radius 1 is 1.03 bits per heavy atom. The van der Waals surface area contributed by atoms with Crippen LogP contribution in [0, 0.1) is 0 Å². The summed E-state index contributed by atoms with van der Waals surface area (Å²) >= 11 is 0. The summed E-state index contributed by atoms with van der Waals surface area (Å²) in [5, 5.41) is 22.1. The van der Waals surface area contributed by atoms with Crippen molar-refractivity contribution in [2.24, 2.45) is 0 Å². The molecule has 2 N–H and O–H groups in total. The molecule has 164 valence electrons. The monoisotopic (exact) mass is 431 g/mol. The van der Waals surface area contributed by atoms with E-state index in [-0.39, 0.29) is 24.5 Å². The van der Waals surface area contributed by atoms with Gasteiger partial charge in [0, 0.05) is 12.1 Å². The van der Waals surface area contributed by atoms with E-state index in [0.29, 0.717) is 29.8 Å². The summed E-state index contributed by atoms with van der Waals surface area (Å²) in [7, 11) is 0. The fraction of sp³-hybridized carbons (Fsp3) is 0.231. The molecular formula is C26H25NO5. The van der Waals surface area contributed by atoms with Gasteiger partial charge in [-0.15, -0.1) is 0 Å². The average Bonchev–Trinajstić information content (AvgIpc) is 3.07. The number of hydrogen-bond donors (Lipinski definition) is 2. The van der Waals surface area contributed by atoms with Crippen LogP contribution in [0.2, 0.25) is 0 Å². The van der Waals surface area contributed by atoms with Gasteiger partial charge in [-0.05, 0) is 34.9 Å². The van der Waals surface area contributed by atoms with Crippen molar-refractivity contribution in [2.75, 3.05) is 19.8 Å². The maximum atomic E-state index is 13.1. The second-order valence-electron chi connectivity index (χ2n) is 7.66. The molecule has 1 amide bonds. The first-order valence-electron chi connectivity index (χ1n) is 10.7. The zero-order valence-corrected chi connectivity index (χ0v) is 17.8. The number of likely N-dealkylation sites (tertiary alicyclic amines) is 1. The van der Waals surface area contributed by atoms with E-state index < -0.39 is 17.7 Å². The molecule has 0 bridgehead atoms. The van der Waals surface area contributed by atoms with E-state index in [1.54, 1.807) is 30.3 Å². The maximum Gasteiger partial charge on any atom is 0.295 e. The number of fused-ring (bicyclic) bond motifs is 1. The molecule has 1 saturated heterocycles. The molecule has 1 aliphatic rings. The smallest absolute Gasteiger partial charge is 0.295 e. The summed E-state index contributed by atoms with van der Waals surface area (Å²) in [4.78, 5) is 27.5. The van der Waals surface area contributed by atoms with Crippen molar-refractivity contribution >= 4 is 28.2 Å². The Bertz CT molecular complexity index is 1190. The number of amides is 1. The second kappa shape index (κ2) is 9.24. The number of nitrogens with zero attached hydrogens (tertiary/aromatic N) is 1. The highest BCUT2D eigenvalue weighted by Gasteiger charge is 2.45. The molecule has 1 heterocycles. The van der Waals surface area contributed by atoms with Gasteiger partial charge in [0.05, 0.1) is 18.2 Å². The standard InChI is InChI=1S/C26H25NO5/c1-2-13-27-23(18-9-5-10-19(16-18)32-15-14-28)22(25(30)26(27)31)24(29)21-12-6-8-17-7-3-4-11-20(17)21/h3-12,16,23,28-29H,2,13-15H2,1H3/b24-22-. The Labute approximate surface area is 186 Å². The molecule has 1 aliphatic heterocycles. The summed E-state index contributed by atoms with van der Waals surface area (Å²) in [6.45, 7) is 2.32. The summed E-state index contributed by atoms with van der Waals surface area (Å²) in [6.07, 6.45) is 0.665. The molecule has 0 aliphatic carbocycles. The first-order chi connectivity index (χ1) is 15.6. The van der Waals surface area contributed by atoms with Crippen molar-refractivity contribution in [3.63, 3.8) is 0 Å². The summed E-state index contributed by atoms with van der Waals surface area (Å²) < 4.78 is 5.53. The third-order valence-corrected chi connectivity index (χ3v) is 5.58. The van der Waals surface area contributed by atoms with Crippen molar-refractivity contribution < 1.29 is 24.5 Å². The average molecular weight is 431 g/mol. The lowest BCUT2D eigenvalue weighted by Crippen LogP contribution is -2.30. The van der Waals surface area contributed by atoms with Crippen LogP contribution in [-0.4, -0.2) is 46.6 Å². The molecule has 32 heavy (non-hydrogen) atoms. The molecule has 0 radical (unpaired) electrons. The number of carbonyl (C=O) groups is 2. The van der Waals surface area contributed by atoms with Crippen LogP contribution in [0.3, 0.4) is 0 Å². The molecule has 6 nitrogen and oxygen atoms in total. The van der Waals surface area contributed by atoms with E-state index >= 15 is 0 Å². The van der Waals surface area contributed by atoms with Gasteiger partial charge in [-0.2, -0.15) is 0 Å². The lowest BCUT2D eigenvalue weighted by atomic mass is 9.93. The Hall–Kier alpha value is -3.64. The Balaban J connectivity index is 1.90. The van der Waals surface area contributed by atoms with Gasteiger partial charge in [-0.3, -0.25) is 9.59 Å². The maximum absolute atomic E-state index is 13.1. The SMILES string of the molecule is CCCN1C(=O)C(=O)/C(=C(\O)c2cccc3ccccc23)C1c1cccc(OCCO)c1. The Kier molecular flexibility index (Phi) is 6.23. The second-order valence-corrected chi connectivity index (χ2v) is 7.66. The van der Waals surface area contributed by atoms with Crippen LogP contribution in [0.1, 0.15) is 30.5 Å². The minimum atomic E-state index is -0.730. The number of aliphatic hydroxyl groups excluding tert-OH is 2. The van der Waals surface area contributed by atoms with Crippen molar-refractivity contribution in [3.05, 3.63) is 83.4 Å². The highest BCUT2D eigenvalue weighted by molar-refractivity contribution is 6.46. The molecular weight excluding hydrogens is 406 g/mol. The number of ether oxygens (including phenoxy) is 1. The molecule has 0 saturated carbocycles. The number of carbonyl (C=O) groups excluding carboxylic acids is 2. The molecule has 0 spiro atoms. The van der Waals surface area contributed by atoms with Crippen molar-refractivity contribution in [1.82, 2.24) is 4.90 Å². The van der Waals surface area contributed by atoms with Crippen LogP contribution in [0.4, 0.5) is 0 Å². The fourth-order valence-corrected chi connectivity index (χ4v) is 4.21. The van der Waals surface area contributed by atoms with E-state index in [0.717, 1.165) is 10.8 Å². The third-order valence-electron chi connectivity index (χ3n) is 5.58. The minimum Gasteiger partial charge on any atom is -0.507 e. The first kappa shape index (κ1) is 21.6. The van der Waals surface area contributed by atoms with Crippen LogP contribution >= 0.6 is 0 Å². The predicted octanol–water partition coefficient (Wildman–Crippen LogP) is 4.04. The minimum absolute atomic E-state index is 0.0686. The lowest BCUT2D eigenvalue weighted by Gasteiger charge is -2.25. The molecule has 6 heteroatoms. The number of aliphatic hydroxyl groups is 2. The first-order valence-corrected chi connectivity index (χ1v) is 10.7. The summed E-state index contributed by atoms with van der Waals surface area (Å²) in [6, 6.07) is 19.4. The number of rotatable bonds is 7. The quantitative estimate of drug-likeness (QED) is 0.335.